The number of anilines is 1. The van der Waals surface area contributed by atoms with Crippen LogP contribution in [0.1, 0.15) is 23.6 Å². The minimum Gasteiger partial charge on any atom is -0.493 e. The molecule has 0 unspecified atom stereocenters. The summed E-state index contributed by atoms with van der Waals surface area (Å²) in [6.45, 7) is 6.41. The van der Waals surface area contributed by atoms with Crippen LogP contribution in [0, 0.1) is 13.8 Å². The summed E-state index contributed by atoms with van der Waals surface area (Å²) in [6, 6.07) is 11.3. The molecule has 2 aromatic carbocycles. The maximum absolute atomic E-state index is 13.1. The molecule has 1 amide bonds. The van der Waals surface area contributed by atoms with Crippen molar-refractivity contribution in [1.82, 2.24) is 0 Å². The van der Waals surface area contributed by atoms with E-state index in [4.69, 9.17) is 28.6 Å². The van der Waals surface area contributed by atoms with Gasteiger partial charge in [-0.3, -0.25) is 9.69 Å². The van der Waals surface area contributed by atoms with Gasteiger partial charge in [-0.15, -0.1) is 0 Å². The molecule has 3 rings (SSSR count). The third-order valence-electron chi connectivity index (χ3n) is 4.02. The molecular formula is C20H18ClNO2S2. The molecule has 0 bridgehead atoms. The Balaban J connectivity index is 2.02. The predicted octanol–water partition coefficient (Wildman–Crippen LogP) is 5.76. The molecule has 1 aliphatic heterocycles. The lowest BCUT2D eigenvalue weighted by Gasteiger charge is -2.19. The van der Waals surface area contributed by atoms with Crippen molar-refractivity contribution in [2.75, 3.05) is 11.5 Å². The third kappa shape index (κ3) is 3.65. The van der Waals surface area contributed by atoms with E-state index in [1.807, 2.05) is 45.0 Å². The molecule has 0 saturated carbocycles. The summed E-state index contributed by atoms with van der Waals surface area (Å²) in [7, 11) is 0. The van der Waals surface area contributed by atoms with Crippen LogP contribution in [0.15, 0.2) is 41.3 Å². The van der Waals surface area contributed by atoms with Crippen molar-refractivity contribution >= 4 is 57.6 Å². The molecule has 0 radical (unpaired) electrons. The van der Waals surface area contributed by atoms with E-state index in [1.165, 1.54) is 11.8 Å². The smallest absolute Gasteiger partial charge is 0.270 e. The van der Waals surface area contributed by atoms with Gasteiger partial charge in [-0.05, 0) is 56.2 Å². The fourth-order valence-electron chi connectivity index (χ4n) is 2.88. The van der Waals surface area contributed by atoms with Gasteiger partial charge in [0.25, 0.3) is 5.91 Å². The lowest BCUT2D eigenvalue weighted by molar-refractivity contribution is -0.113. The molecule has 3 nitrogen and oxygen atoms in total. The van der Waals surface area contributed by atoms with E-state index in [-0.39, 0.29) is 5.91 Å². The highest BCUT2D eigenvalue weighted by Crippen LogP contribution is 2.39. The normalized spacial score (nSPS) is 15.8. The van der Waals surface area contributed by atoms with Gasteiger partial charge in [0, 0.05) is 10.6 Å². The molecule has 134 valence electrons. The van der Waals surface area contributed by atoms with Crippen molar-refractivity contribution in [3.63, 3.8) is 0 Å². The van der Waals surface area contributed by atoms with Crippen LogP contribution in [0.5, 0.6) is 5.75 Å². The first-order valence-corrected chi connectivity index (χ1v) is 9.79. The lowest BCUT2D eigenvalue weighted by atomic mass is 10.1. The Hall–Kier alpha value is -1.82. The van der Waals surface area contributed by atoms with Gasteiger partial charge in [-0.2, -0.15) is 0 Å². The second-order valence-electron chi connectivity index (χ2n) is 5.87. The molecule has 0 spiro atoms. The molecule has 6 heteroatoms. The molecule has 1 saturated heterocycles. The first-order valence-electron chi connectivity index (χ1n) is 8.19. The number of thiocarbonyl (C=S) groups is 1. The Kier molecular flexibility index (Phi) is 5.70. The van der Waals surface area contributed by atoms with E-state index < -0.39 is 0 Å². The van der Waals surface area contributed by atoms with Crippen LogP contribution in [-0.2, 0) is 4.79 Å². The monoisotopic (exact) mass is 403 g/mol. The average Bonchev–Trinajstić information content (AvgIpc) is 2.85. The van der Waals surface area contributed by atoms with Crippen molar-refractivity contribution in [2.24, 2.45) is 0 Å². The number of nitrogens with zero attached hydrogens (tertiary/aromatic N) is 1. The van der Waals surface area contributed by atoms with Crippen molar-refractivity contribution in [1.29, 1.82) is 0 Å². The highest BCUT2D eigenvalue weighted by Gasteiger charge is 2.35. The summed E-state index contributed by atoms with van der Waals surface area (Å²) in [5.41, 5.74) is 3.65. The van der Waals surface area contributed by atoms with Crippen LogP contribution in [-0.4, -0.2) is 16.8 Å². The predicted molar refractivity (Wildman–Crippen MR) is 114 cm³/mol. The zero-order valence-electron chi connectivity index (χ0n) is 14.7. The van der Waals surface area contributed by atoms with Crippen molar-refractivity contribution in [2.45, 2.75) is 20.8 Å². The number of carbonyl (C=O) groups excluding carboxylic acids is 1. The number of ether oxygens (including phenoxy) is 1. The fourth-order valence-corrected chi connectivity index (χ4v) is 4.32. The number of thioether (sulfide) groups is 1. The summed E-state index contributed by atoms with van der Waals surface area (Å²) < 4.78 is 6.17. The van der Waals surface area contributed by atoms with E-state index in [0.29, 0.717) is 26.6 Å². The Morgan fingerprint density at radius 1 is 1.23 bits per heavy atom. The van der Waals surface area contributed by atoms with Crippen LogP contribution >= 0.6 is 35.6 Å². The van der Waals surface area contributed by atoms with Crippen molar-refractivity contribution < 1.29 is 9.53 Å². The van der Waals surface area contributed by atoms with Crippen LogP contribution in [0.3, 0.4) is 0 Å². The standard InChI is InChI=1S/C20H18ClNO2S2/c1-4-24-16-9-8-15(21)10-14(16)11-17-19(23)22(20(25)26-17)18-12(2)6-5-7-13(18)3/h5-11H,4H2,1-3H3/b17-11-. The van der Waals surface area contributed by atoms with Crippen LogP contribution in [0.4, 0.5) is 5.69 Å². The number of carbonyl (C=O) groups is 1. The van der Waals surface area contributed by atoms with Crippen molar-refractivity contribution in [3.8, 4) is 5.75 Å². The molecule has 1 aliphatic rings. The van der Waals surface area contributed by atoms with Gasteiger partial charge in [-0.1, -0.05) is 53.8 Å². The highest BCUT2D eigenvalue weighted by molar-refractivity contribution is 8.27. The van der Waals surface area contributed by atoms with Gasteiger partial charge in [-0.25, -0.2) is 0 Å². The summed E-state index contributed by atoms with van der Waals surface area (Å²) in [4.78, 5) is 15.2. The molecule has 2 aromatic rings. The maximum Gasteiger partial charge on any atom is 0.270 e. The molecule has 1 fully saturated rings. The fraction of sp³-hybridized carbons (Fsp3) is 0.200. The first-order chi connectivity index (χ1) is 12.4. The van der Waals surface area contributed by atoms with E-state index in [0.717, 1.165) is 22.4 Å². The molecule has 0 atom stereocenters. The van der Waals surface area contributed by atoms with Gasteiger partial charge in [0.05, 0.1) is 17.2 Å². The molecule has 26 heavy (non-hydrogen) atoms. The number of para-hydroxylation sites is 1. The van der Waals surface area contributed by atoms with E-state index in [9.17, 15) is 4.79 Å². The first kappa shape index (κ1) is 19.0. The molecule has 0 aromatic heterocycles. The number of aryl methyl sites for hydroxylation is 2. The topological polar surface area (TPSA) is 29.5 Å². The number of hydrogen-bond donors (Lipinski definition) is 0. The van der Waals surface area contributed by atoms with Crippen LogP contribution < -0.4 is 9.64 Å². The molecule has 0 N–H and O–H groups in total. The summed E-state index contributed by atoms with van der Waals surface area (Å²) in [6.07, 6.45) is 1.80. The minimum atomic E-state index is -0.125. The zero-order chi connectivity index (χ0) is 18.8. The number of rotatable bonds is 4. The highest BCUT2D eigenvalue weighted by atomic mass is 35.5. The summed E-state index contributed by atoms with van der Waals surface area (Å²) in [5, 5.41) is 0.588. The SMILES string of the molecule is CCOc1ccc(Cl)cc1/C=C1\SC(=S)N(c2c(C)cccc2C)C1=O. The second kappa shape index (κ2) is 7.82. The average molecular weight is 404 g/mol. The number of amides is 1. The van der Waals surface area contributed by atoms with Gasteiger partial charge in [0.15, 0.2) is 4.32 Å². The molecule has 1 heterocycles. The van der Waals surface area contributed by atoms with Gasteiger partial charge < -0.3 is 4.74 Å². The number of halogens is 1. The Morgan fingerprint density at radius 3 is 2.58 bits per heavy atom. The second-order valence-corrected chi connectivity index (χ2v) is 7.98. The Bertz CT molecular complexity index is 904. The summed E-state index contributed by atoms with van der Waals surface area (Å²) >= 11 is 12.9. The Labute approximate surface area is 168 Å². The van der Waals surface area contributed by atoms with Crippen LogP contribution in [0.25, 0.3) is 6.08 Å². The minimum absolute atomic E-state index is 0.125. The summed E-state index contributed by atoms with van der Waals surface area (Å²) in [5.74, 6) is 0.564. The van der Waals surface area contributed by atoms with Gasteiger partial charge in [0.2, 0.25) is 0 Å². The Morgan fingerprint density at radius 2 is 1.92 bits per heavy atom. The largest absolute Gasteiger partial charge is 0.493 e. The third-order valence-corrected chi connectivity index (χ3v) is 5.55. The maximum atomic E-state index is 13.1. The van der Waals surface area contributed by atoms with E-state index >= 15 is 0 Å². The lowest BCUT2D eigenvalue weighted by Crippen LogP contribution is -2.29. The quantitative estimate of drug-likeness (QED) is 0.479. The molecule has 0 aliphatic carbocycles. The number of hydrogen-bond acceptors (Lipinski definition) is 4. The van der Waals surface area contributed by atoms with Crippen molar-refractivity contribution in [3.05, 3.63) is 63.0 Å². The van der Waals surface area contributed by atoms with Crippen LogP contribution in [0.2, 0.25) is 5.02 Å². The molecular weight excluding hydrogens is 386 g/mol. The van der Waals surface area contributed by atoms with E-state index in [2.05, 4.69) is 0 Å². The van der Waals surface area contributed by atoms with E-state index in [1.54, 1.807) is 23.1 Å². The van der Waals surface area contributed by atoms with Gasteiger partial charge >= 0.3 is 0 Å². The number of benzene rings is 2. The van der Waals surface area contributed by atoms with Gasteiger partial charge in [0.1, 0.15) is 5.75 Å². The zero-order valence-corrected chi connectivity index (χ0v) is 17.1.